The zero-order valence-electron chi connectivity index (χ0n) is 15.6. The Morgan fingerprint density at radius 2 is 2.12 bits per heavy atom. The summed E-state index contributed by atoms with van der Waals surface area (Å²) in [5, 5.41) is 6.81. The molecule has 2 aromatic heterocycles. The van der Waals surface area contributed by atoms with E-state index >= 15 is 0 Å². The van der Waals surface area contributed by atoms with Crippen LogP contribution in [0.1, 0.15) is 20.3 Å². The molecule has 1 saturated heterocycles. The number of aromatic nitrogens is 3. The first kappa shape index (κ1) is 18.5. The van der Waals surface area contributed by atoms with E-state index in [1.54, 1.807) is 6.20 Å². The van der Waals surface area contributed by atoms with Crippen LogP contribution in [0.25, 0.3) is 11.3 Å². The molecule has 3 rings (SSSR count). The summed E-state index contributed by atoms with van der Waals surface area (Å²) in [4.78, 5) is 15.9. The highest BCUT2D eigenvalue weighted by Gasteiger charge is 2.11. The topological polar surface area (TPSA) is 75.2 Å². The summed E-state index contributed by atoms with van der Waals surface area (Å²) in [6.45, 7) is 9.72. The van der Waals surface area contributed by atoms with Crippen LogP contribution in [0.4, 0.5) is 11.8 Å². The van der Waals surface area contributed by atoms with Gasteiger partial charge in [0.15, 0.2) is 0 Å². The molecular formula is C19H28N6O. The first-order valence-corrected chi connectivity index (χ1v) is 9.34. The lowest BCUT2D eigenvalue weighted by Gasteiger charge is -2.26. The first-order chi connectivity index (χ1) is 12.7. The predicted molar refractivity (Wildman–Crippen MR) is 104 cm³/mol. The fraction of sp³-hybridized carbons (Fsp3) is 0.526. The summed E-state index contributed by atoms with van der Waals surface area (Å²) in [6.07, 6.45) is 4.61. The van der Waals surface area contributed by atoms with Gasteiger partial charge in [-0.2, -0.15) is 4.98 Å². The van der Waals surface area contributed by atoms with Gasteiger partial charge in [-0.3, -0.25) is 9.88 Å². The zero-order valence-corrected chi connectivity index (χ0v) is 15.6. The molecule has 0 aliphatic carbocycles. The molecular weight excluding hydrogens is 328 g/mol. The van der Waals surface area contributed by atoms with E-state index in [4.69, 9.17) is 4.74 Å². The minimum absolute atomic E-state index is 0.320. The monoisotopic (exact) mass is 356 g/mol. The minimum atomic E-state index is 0.320. The molecule has 26 heavy (non-hydrogen) atoms. The van der Waals surface area contributed by atoms with E-state index < -0.39 is 0 Å². The van der Waals surface area contributed by atoms with Gasteiger partial charge < -0.3 is 15.4 Å². The molecule has 0 radical (unpaired) electrons. The average Bonchev–Trinajstić information content (AvgIpc) is 2.69. The lowest BCUT2D eigenvalue weighted by molar-refractivity contribution is 0.0398. The van der Waals surface area contributed by atoms with Crippen molar-refractivity contribution in [3.8, 4) is 11.3 Å². The van der Waals surface area contributed by atoms with Crippen LogP contribution in [0.2, 0.25) is 0 Å². The fourth-order valence-electron chi connectivity index (χ4n) is 2.75. The lowest BCUT2D eigenvalue weighted by Crippen LogP contribution is -2.39. The number of nitrogens with one attached hydrogen (secondary N) is 2. The summed E-state index contributed by atoms with van der Waals surface area (Å²) >= 11 is 0. The van der Waals surface area contributed by atoms with Crippen LogP contribution in [0, 0.1) is 0 Å². The lowest BCUT2D eigenvalue weighted by atomic mass is 10.2. The van der Waals surface area contributed by atoms with Crippen molar-refractivity contribution in [3.05, 3.63) is 30.6 Å². The maximum Gasteiger partial charge on any atom is 0.225 e. The Balaban J connectivity index is 1.71. The van der Waals surface area contributed by atoms with E-state index in [1.165, 1.54) is 0 Å². The number of rotatable bonds is 8. The molecule has 0 saturated carbocycles. The van der Waals surface area contributed by atoms with Crippen molar-refractivity contribution in [2.45, 2.75) is 26.3 Å². The molecule has 0 bridgehead atoms. The quantitative estimate of drug-likeness (QED) is 0.752. The molecule has 0 unspecified atom stereocenters. The number of nitrogens with zero attached hydrogens (tertiary/aromatic N) is 4. The van der Waals surface area contributed by atoms with Crippen molar-refractivity contribution in [1.29, 1.82) is 0 Å². The van der Waals surface area contributed by atoms with E-state index in [-0.39, 0.29) is 0 Å². The summed E-state index contributed by atoms with van der Waals surface area (Å²) in [6, 6.07) is 6.24. The second-order valence-electron chi connectivity index (χ2n) is 6.54. The molecule has 0 aromatic carbocycles. The van der Waals surface area contributed by atoms with Crippen LogP contribution < -0.4 is 10.6 Å². The van der Waals surface area contributed by atoms with Gasteiger partial charge in [0.05, 0.1) is 18.9 Å². The molecule has 0 spiro atoms. The average molecular weight is 356 g/mol. The molecule has 1 aliphatic rings. The van der Waals surface area contributed by atoms with Crippen LogP contribution in [0.3, 0.4) is 0 Å². The van der Waals surface area contributed by atoms with Crippen molar-refractivity contribution in [2.75, 3.05) is 50.0 Å². The van der Waals surface area contributed by atoms with Crippen molar-refractivity contribution in [1.82, 2.24) is 19.9 Å². The summed E-state index contributed by atoms with van der Waals surface area (Å²) in [5.41, 5.74) is 1.85. The second-order valence-corrected chi connectivity index (χ2v) is 6.54. The molecule has 1 fully saturated rings. The van der Waals surface area contributed by atoms with Gasteiger partial charge in [0.2, 0.25) is 5.95 Å². The third kappa shape index (κ3) is 5.37. The highest BCUT2D eigenvalue weighted by atomic mass is 16.5. The molecule has 1 aliphatic heterocycles. The van der Waals surface area contributed by atoms with Crippen LogP contribution in [0.5, 0.6) is 0 Å². The molecule has 0 amide bonds. The molecule has 7 nitrogen and oxygen atoms in total. The largest absolute Gasteiger partial charge is 0.379 e. The van der Waals surface area contributed by atoms with Crippen molar-refractivity contribution < 1.29 is 4.74 Å². The van der Waals surface area contributed by atoms with Crippen LogP contribution >= 0.6 is 0 Å². The molecule has 7 heteroatoms. The highest BCUT2D eigenvalue weighted by Crippen LogP contribution is 2.21. The number of ether oxygens (including phenoxy) is 1. The van der Waals surface area contributed by atoms with Gasteiger partial charge in [0.1, 0.15) is 5.82 Å². The molecule has 2 aromatic rings. The third-order valence-electron chi connectivity index (χ3n) is 4.51. The van der Waals surface area contributed by atoms with Gasteiger partial charge in [-0.1, -0.05) is 6.92 Å². The first-order valence-electron chi connectivity index (χ1n) is 9.34. The Bertz CT molecular complexity index is 675. The van der Waals surface area contributed by atoms with E-state index in [0.29, 0.717) is 12.0 Å². The number of hydrogen-bond acceptors (Lipinski definition) is 7. The van der Waals surface area contributed by atoms with Crippen molar-refractivity contribution >= 4 is 11.8 Å². The Hall–Kier alpha value is -2.25. The summed E-state index contributed by atoms with van der Waals surface area (Å²) in [5.74, 6) is 1.48. The maximum absolute atomic E-state index is 5.40. The van der Waals surface area contributed by atoms with Gasteiger partial charge in [-0.25, -0.2) is 4.98 Å². The number of pyridine rings is 1. The second kappa shape index (κ2) is 9.45. The normalized spacial score (nSPS) is 16.2. The van der Waals surface area contributed by atoms with Crippen LogP contribution in [-0.4, -0.2) is 65.3 Å². The predicted octanol–water partition coefficient (Wildman–Crippen LogP) is 2.49. The van der Waals surface area contributed by atoms with Crippen molar-refractivity contribution in [2.24, 2.45) is 0 Å². The standard InChI is InChI=1S/C19H28N6O/c1-3-15(2)22-19-23-17(16-5-4-6-20-14-16)13-18(24-19)21-7-8-25-9-11-26-12-10-25/h4-6,13-15H,3,7-12H2,1-2H3,(H2,21,22,23,24)/t15-/m1/s1. The van der Waals surface area contributed by atoms with Crippen LogP contribution in [-0.2, 0) is 4.74 Å². The smallest absolute Gasteiger partial charge is 0.225 e. The SMILES string of the molecule is CC[C@@H](C)Nc1nc(NCCN2CCOCC2)cc(-c2cccnc2)n1. The third-order valence-corrected chi connectivity index (χ3v) is 4.51. The van der Waals surface area contributed by atoms with Gasteiger partial charge in [-0.15, -0.1) is 0 Å². The van der Waals surface area contributed by atoms with E-state index in [9.17, 15) is 0 Å². The Kier molecular flexibility index (Phi) is 6.74. The Labute approximate surface area is 155 Å². The van der Waals surface area contributed by atoms with Gasteiger partial charge in [-0.05, 0) is 25.5 Å². The van der Waals surface area contributed by atoms with Crippen LogP contribution in [0.15, 0.2) is 30.6 Å². The summed E-state index contributed by atoms with van der Waals surface area (Å²) < 4.78 is 5.40. The maximum atomic E-state index is 5.40. The Morgan fingerprint density at radius 1 is 1.27 bits per heavy atom. The van der Waals surface area contributed by atoms with Crippen molar-refractivity contribution in [3.63, 3.8) is 0 Å². The molecule has 3 heterocycles. The minimum Gasteiger partial charge on any atom is -0.379 e. The van der Waals surface area contributed by atoms with Gasteiger partial charge >= 0.3 is 0 Å². The zero-order chi connectivity index (χ0) is 18.2. The number of hydrogen-bond donors (Lipinski definition) is 2. The van der Waals surface area contributed by atoms with Gasteiger partial charge in [0.25, 0.3) is 0 Å². The number of morpholine rings is 1. The molecule has 2 N–H and O–H groups in total. The molecule has 140 valence electrons. The van der Waals surface area contributed by atoms with E-state index in [2.05, 4.69) is 44.3 Å². The molecule has 1 atom stereocenters. The van der Waals surface area contributed by atoms with Gasteiger partial charge in [0, 0.05) is 56.2 Å². The Morgan fingerprint density at radius 3 is 2.85 bits per heavy atom. The van der Waals surface area contributed by atoms with E-state index in [1.807, 2.05) is 24.4 Å². The highest BCUT2D eigenvalue weighted by molar-refractivity contribution is 5.63. The summed E-state index contributed by atoms with van der Waals surface area (Å²) in [7, 11) is 0. The number of anilines is 2. The van der Waals surface area contributed by atoms with E-state index in [0.717, 1.165) is 62.9 Å². The fourth-order valence-corrected chi connectivity index (χ4v) is 2.75.